The van der Waals surface area contributed by atoms with E-state index < -0.39 is 11.9 Å². The monoisotopic (exact) mass is 325 g/mol. The summed E-state index contributed by atoms with van der Waals surface area (Å²) < 4.78 is 1.93. The Hall–Kier alpha value is -2.89. The molecule has 2 aromatic rings. The summed E-state index contributed by atoms with van der Waals surface area (Å²) in [5, 5.41) is 2.25. The highest BCUT2D eigenvalue weighted by Crippen LogP contribution is 2.16. The predicted molar refractivity (Wildman–Crippen MR) is 88.2 cm³/mol. The molecule has 24 heavy (non-hydrogen) atoms. The molecule has 1 N–H and O–H groups in total. The molecule has 1 aromatic heterocycles. The van der Waals surface area contributed by atoms with Gasteiger partial charge in [-0.05, 0) is 18.6 Å². The average molecular weight is 325 g/mol. The van der Waals surface area contributed by atoms with Crippen LogP contribution in [0.3, 0.4) is 0 Å². The topological polar surface area (TPSA) is 71.4 Å². The molecule has 1 fully saturated rings. The van der Waals surface area contributed by atoms with Gasteiger partial charge in [-0.25, -0.2) is 0 Å². The minimum absolute atomic E-state index is 0.0309. The molecule has 0 bridgehead atoms. The number of benzene rings is 1. The summed E-state index contributed by atoms with van der Waals surface area (Å²) in [6.07, 6.45) is 3.64. The van der Waals surface area contributed by atoms with E-state index in [4.69, 9.17) is 0 Å². The summed E-state index contributed by atoms with van der Waals surface area (Å²) in [7, 11) is 0. The number of hydrogen-bond acceptors (Lipinski definition) is 3. The second kappa shape index (κ2) is 6.70. The molecule has 6 heteroatoms. The average Bonchev–Trinajstić information content (AvgIpc) is 3.16. The Morgan fingerprint density at radius 1 is 1.25 bits per heavy atom. The van der Waals surface area contributed by atoms with Crippen LogP contribution in [0.2, 0.25) is 0 Å². The standard InChI is InChI=1S/C18H19N3O3/c1-2-21(15-10-16(22)19-17(15)23)18(24)14-8-9-20(12-14)11-13-6-4-3-5-7-13/h3-9,12,15H,2,10-11H2,1H3,(H,19,22,23). The van der Waals surface area contributed by atoms with Crippen LogP contribution < -0.4 is 5.32 Å². The van der Waals surface area contributed by atoms with Crippen molar-refractivity contribution in [2.75, 3.05) is 6.54 Å². The quantitative estimate of drug-likeness (QED) is 0.845. The summed E-state index contributed by atoms with van der Waals surface area (Å²) in [6, 6.07) is 11.0. The highest BCUT2D eigenvalue weighted by atomic mass is 16.2. The second-order valence-electron chi connectivity index (χ2n) is 5.78. The van der Waals surface area contributed by atoms with Gasteiger partial charge in [-0.3, -0.25) is 19.7 Å². The minimum atomic E-state index is -0.715. The van der Waals surface area contributed by atoms with Crippen molar-refractivity contribution in [3.8, 4) is 0 Å². The van der Waals surface area contributed by atoms with Crippen LogP contribution in [0.5, 0.6) is 0 Å². The number of likely N-dealkylation sites (N-methyl/N-ethyl adjacent to an activating group) is 1. The summed E-state index contributed by atoms with van der Waals surface area (Å²) >= 11 is 0. The number of nitrogens with one attached hydrogen (secondary N) is 1. The number of aromatic nitrogens is 1. The van der Waals surface area contributed by atoms with E-state index in [9.17, 15) is 14.4 Å². The molecule has 3 amide bonds. The molecule has 0 saturated carbocycles. The smallest absolute Gasteiger partial charge is 0.256 e. The first kappa shape index (κ1) is 16.0. The number of rotatable bonds is 5. The van der Waals surface area contributed by atoms with Crippen LogP contribution in [-0.4, -0.2) is 39.8 Å². The lowest BCUT2D eigenvalue weighted by atomic mass is 10.1. The lowest BCUT2D eigenvalue weighted by Crippen LogP contribution is -2.44. The minimum Gasteiger partial charge on any atom is -0.349 e. The molecule has 124 valence electrons. The molecule has 1 aliphatic heterocycles. The Kier molecular flexibility index (Phi) is 4.46. The maximum Gasteiger partial charge on any atom is 0.256 e. The van der Waals surface area contributed by atoms with E-state index in [1.807, 2.05) is 41.1 Å². The van der Waals surface area contributed by atoms with Gasteiger partial charge in [-0.2, -0.15) is 0 Å². The highest BCUT2D eigenvalue weighted by Gasteiger charge is 2.37. The molecule has 3 rings (SSSR count). The maximum absolute atomic E-state index is 12.7. The van der Waals surface area contributed by atoms with Gasteiger partial charge in [-0.15, -0.1) is 0 Å². The molecular weight excluding hydrogens is 306 g/mol. The first-order chi connectivity index (χ1) is 11.6. The van der Waals surface area contributed by atoms with Crippen LogP contribution in [0.4, 0.5) is 0 Å². The number of amides is 3. The largest absolute Gasteiger partial charge is 0.349 e. The van der Waals surface area contributed by atoms with Crippen molar-refractivity contribution in [3.05, 3.63) is 59.9 Å². The molecule has 1 saturated heterocycles. The molecule has 1 aromatic carbocycles. The van der Waals surface area contributed by atoms with E-state index in [0.717, 1.165) is 5.56 Å². The predicted octanol–water partition coefficient (Wildman–Crippen LogP) is 1.41. The normalized spacial score (nSPS) is 17.0. The van der Waals surface area contributed by atoms with E-state index in [1.165, 1.54) is 4.90 Å². The number of nitrogens with zero attached hydrogens (tertiary/aromatic N) is 2. The van der Waals surface area contributed by atoms with Crippen LogP contribution in [0, 0.1) is 0 Å². The molecule has 1 atom stereocenters. The zero-order valence-corrected chi connectivity index (χ0v) is 13.4. The fourth-order valence-electron chi connectivity index (χ4n) is 2.92. The molecular formula is C18H19N3O3. The van der Waals surface area contributed by atoms with E-state index in [0.29, 0.717) is 18.7 Å². The van der Waals surface area contributed by atoms with Crippen molar-refractivity contribution in [3.63, 3.8) is 0 Å². The molecule has 1 unspecified atom stereocenters. The zero-order chi connectivity index (χ0) is 17.1. The first-order valence-electron chi connectivity index (χ1n) is 7.93. The summed E-state index contributed by atoms with van der Waals surface area (Å²) in [5.74, 6) is -0.976. The van der Waals surface area contributed by atoms with Crippen molar-refractivity contribution in [2.24, 2.45) is 0 Å². The van der Waals surface area contributed by atoms with E-state index in [2.05, 4.69) is 5.32 Å². The number of carbonyl (C=O) groups excluding carboxylic acids is 3. The third kappa shape index (κ3) is 3.22. The Bertz CT molecular complexity index is 767. The second-order valence-corrected chi connectivity index (χ2v) is 5.78. The highest BCUT2D eigenvalue weighted by molar-refractivity contribution is 6.08. The van der Waals surface area contributed by atoms with Crippen molar-refractivity contribution < 1.29 is 14.4 Å². The molecule has 6 nitrogen and oxygen atoms in total. The van der Waals surface area contributed by atoms with Gasteiger partial charge >= 0.3 is 0 Å². The maximum atomic E-state index is 12.7. The lowest BCUT2D eigenvalue weighted by molar-refractivity contribution is -0.126. The molecule has 2 heterocycles. The first-order valence-corrected chi connectivity index (χ1v) is 7.93. The van der Waals surface area contributed by atoms with Gasteiger partial charge in [0.25, 0.3) is 5.91 Å². The fourth-order valence-corrected chi connectivity index (χ4v) is 2.92. The van der Waals surface area contributed by atoms with E-state index >= 15 is 0 Å². The number of imide groups is 1. The van der Waals surface area contributed by atoms with Gasteiger partial charge in [-0.1, -0.05) is 30.3 Å². The van der Waals surface area contributed by atoms with Crippen LogP contribution in [0.1, 0.15) is 29.3 Å². The fraction of sp³-hybridized carbons (Fsp3) is 0.278. The number of carbonyl (C=O) groups is 3. The van der Waals surface area contributed by atoms with Gasteiger partial charge in [0.05, 0.1) is 12.0 Å². The SMILES string of the molecule is CCN(C(=O)c1ccn(Cc2ccccc2)c1)C1CC(=O)NC1=O. The Morgan fingerprint density at radius 2 is 2.00 bits per heavy atom. The Labute approximate surface area is 140 Å². The third-order valence-corrected chi connectivity index (χ3v) is 4.13. The third-order valence-electron chi connectivity index (χ3n) is 4.13. The summed E-state index contributed by atoms with van der Waals surface area (Å²) in [6.45, 7) is 2.84. The molecule has 0 aliphatic carbocycles. The van der Waals surface area contributed by atoms with Gasteiger partial charge in [0, 0.05) is 25.5 Å². The Balaban J connectivity index is 1.75. The van der Waals surface area contributed by atoms with E-state index in [1.54, 1.807) is 19.2 Å². The van der Waals surface area contributed by atoms with E-state index in [-0.39, 0.29) is 18.2 Å². The van der Waals surface area contributed by atoms with Crippen molar-refractivity contribution in [1.82, 2.24) is 14.8 Å². The lowest BCUT2D eigenvalue weighted by Gasteiger charge is -2.24. The van der Waals surface area contributed by atoms with Crippen LogP contribution in [0.15, 0.2) is 48.8 Å². The Morgan fingerprint density at radius 3 is 2.62 bits per heavy atom. The van der Waals surface area contributed by atoms with Crippen LogP contribution in [0.25, 0.3) is 0 Å². The molecule has 1 aliphatic rings. The van der Waals surface area contributed by atoms with Crippen LogP contribution in [-0.2, 0) is 16.1 Å². The van der Waals surface area contributed by atoms with Gasteiger partial charge < -0.3 is 9.47 Å². The van der Waals surface area contributed by atoms with Crippen molar-refractivity contribution in [1.29, 1.82) is 0 Å². The van der Waals surface area contributed by atoms with Gasteiger partial charge in [0.2, 0.25) is 11.8 Å². The molecule has 0 spiro atoms. The van der Waals surface area contributed by atoms with Crippen LogP contribution >= 0.6 is 0 Å². The number of hydrogen-bond donors (Lipinski definition) is 1. The van der Waals surface area contributed by atoms with Gasteiger partial charge in [0.15, 0.2) is 0 Å². The summed E-state index contributed by atoms with van der Waals surface area (Å²) in [5.41, 5.74) is 1.65. The zero-order valence-electron chi connectivity index (χ0n) is 13.4. The van der Waals surface area contributed by atoms with Gasteiger partial charge in [0.1, 0.15) is 6.04 Å². The summed E-state index contributed by atoms with van der Waals surface area (Å²) in [4.78, 5) is 37.4. The van der Waals surface area contributed by atoms with Crippen molar-refractivity contribution >= 4 is 17.7 Å². The van der Waals surface area contributed by atoms with Crippen molar-refractivity contribution in [2.45, 2.75) is 25.9 Å². The molecule has 0 radical (unpaired) electrons.